The molecule has 1 saturated heterocycles. The number of nitrogens with zero attached hydrogens (tertiary/aromatic N) is 2. The third-order valence-electron chi connectivity index (χ3n) is 4.78. The Kier molecular flexibility index (Phi) is 4.81. The topological polar surface area (TPSA) is 66.1 Å². The SMILES string of the molecule is CSC1CN(C(=O)c2c(-c3ccccc3)c(-c3ccccc3)n[nH]c2=O)C1. The van der Waals surface area contributed by atoms with Crippen molar-refractivity contribution >= 4 is 17.7 Å². The minimum absolute atomic E-state index is 0.162. The van der Waals surface area contributed by atoms with Gasteiger partial charge in [0, 0.05) is 29.5 Å². The summed E-state index contributed by atoms with van der Waals surface area (Å²) in [6.45, 7) is 1.33. The Hall–Kier alpha value is -2.86. The molecular weight excluding hydrogens is 358 g/mol. The van der Waals surface area contributed by atoms with Gasteiger partial charge in [-0.25, -0.2) is 5.10 Å². The van der Waals surface area contributed by atoms with Gasteiger partial charge in [-0.3, -0.25) is 9.59 Å². The Balaban J connectivity index is 1.90. The number of carbonyl (C=O) groups is 1. The van der Waals surface area contributed by atoms with Crippen molar-refractivity contribution in [2.24, 2.45) is 0 Å². The molecule has 1 N–H and O–H groups in total. The minimum Gasteiger partial charge on any atom is -0.336 e. The third kappa shape index (κ3) is 3.28. The van der Waals surface area contributed by atoms with Crippen molar-refractivity contribution in [1.29, 1.82) is 0 Å². The standard InChI is InChI=1S/C21H19N3O2S/c1-27-16-12-24(13-16)21(26)18-17(14-8-4-2-5-9-14)19(22-23-20(18)25)15-10-6-3-7-11-15/h2-11,16H,12-13H2,1H3,(H,23,25). The van der Waals surface area contributed by atoms with Crippen LogP contribution >= 0.6 is 11.8 Å². The van der Waals surface area contributed by atoms with Crippen LogP contribution in [0.3, 0.4) is 0 Å². The van der Waals surface area contributed by atoms with Gasteiger partial charge in [0.15, 0.2) is 0 Å². The number of hydrogen-bond acceptors (Lipinski definition) is 4. The zero-order valence-corrected chi connectivity index (χ0v) is 15.7. The van der Waals surface area contributed by atoms with Crippen LogP contribution < -0.4 is 5.56 Å². The second-order valence-corrected chi connectivity index (χ2v) is 7.59. The fourth-order valence-corrected chi connectivity index (χ4v) is 3.91. The minimum atomic E-state index is -0.453. The Bertz CT molecular complexity index is 1010. The number of carbonyl (C=O) groups excluding carboxylic acids is 1. The summed E-state index contributed by atoms with van der Waals surface area (Å²) in [6, 6.07) is 19.1. The predicted molar refractivity (Wildman–Crippen MR) is 109 cm³/mol. The number of amides is 1. The average Bonchev–Trinajstić information content (AvgIpc) is 2.68. The first-order valence-electron chi connectivity index (χ1n) is 8.74. The highest BCUT2D eigenvalue weighted by atomic mass is 32.2. The van der Waals surface area contributed by atoms with Gasteiger partial charge in [-0.15, -0.1) is 0 Å². The molecule has 0 bridgehead atoms. The Labute approximate surface area is 161 Å². The molecule has 1 aliphatic rings. The van der Waals surface area contributed by atoms with Gasteiger partial charge in [-0.1, -0.05) is 60.7 Å². The largest absolute Gasteiger partial charge is 0.336 e. The zero-order valence-electron chi connectivity index (χ0n) is 14.9. The number of likely N-dealkylation sites (tertiary alicyclic amines) is 1. The number of aromatic nitrogens is 2. The van der Waals surface area contributed by atoms with Crippen LogP contribution in [0.4, 0.5) is 0 Å². The summed E-state index contributed by atoms with van der Waals surface area (Å²) in [5, 5.41) is 7.25. The Morgan fingerprint density at radius 1 is 1.04 bits per heavy atom. The second-order valence-electron chi connectivity index (χ2n) is 6.45. The fraction of sp³-hybridized carbons (Fsp3) is 0.190. The summed E-state index contributed by atoms with van der Waals surface area (Å²) in [7, 11) is 0. The molecule has 1 amide bonds. The lowest BCUT2D eigenvalue weighted by Gasteiger charge is -2.38. The third-order valence-corrected chi connectivity index (χ3v) is 5.74. The second kappa shape index (κ2) is 7.40. The van der Waals surface area contributed by atoms with Crippen LogP contribution in [0.2, 0.25) is 0 Å². The summed E-state index contributed by atoms with van der Waals surface area (Å²) in [6.07, 6.45) is 2.04. The summed E-state index contributed by atoms with van der Waals surface area (Å²) in [5.41, 5.74) is 2.56. The van der Waals surface area contributed by atoms with E-state index in [0.29, 0.717) is 29.6 Å². The lowest BCUT2D eigenvalue weighted by molar-refractivity contribution is 0.0663. The van der Waals surface area contributed by atoms with Crippen LogP contribution in [0.15, 0.2) is 65.5 Å². The van der Waals surface area contributed by atoms with Crippen LogP contribution in [-0.2, 0) is 0 Å². The molecule has 4 rings (SSSR count). The number of thioether (sulfide) groups is 1. The van der Waals surface area contributed by atoms with Gasteiger partial charge in [0.25, 0.3) is 11.5 Å². The maximum absolute atomic E-state index is 13.2. The van der Waals surface area contributed by atoms with E-state index in [4.69, 9.17) is 0 Å². The monoisotopic (exact) mass is 377 g/mol. The molecule has 0 aliphatic carbocycles. The van der Waals surface area contributed by atoms with Crippen LogP contribution in [0.25, 0.3) is 22.4 Å². The molecule has 0 atom stereocenters. The molecule has 1 fully saturated rings. The lowest BCUT2D eigenvalue weighted by atomic mass is 9.94. The number of benzene rings is 2. The molecule has 27 heavy (non-hydrogen) atoms. The smallest absolute Gasteiger partial charge is 0.277 e. The molecule has 0 saturated carbocycles. The van der Waals surface area contributed by atoms with E-state index < -0.39 is 5.56 Å². The first-order chi connectivity index (χ1) is 13.2. The van der Waals surface area contributed by atoms with Gasteiger partial charge >= 0.3 is 0 Å². The van der Waals surface area contributed by atoms with Gasteiger partial charge in [0.05, 0.1) is 5.69 Å². The van der Waals surface area contributed by atoms with E-state index in [-0.39, 0.29) is 11.5 Å². The van der Waals surface area contributed by atoms with Gasteiger partial charge in [0.2, 0.25) is 0 Å². The van der Waals surface area contributed by atoms with Crippen molar-refractivity contribution < 1.29 is 4.79 Å². The number of H-pyrrole nitrogens is 1. The van der Waals surface area contributed by atoms with E-state index in [1.54, 1.807) is 16.7 Å². The molecule has 5 nitrogen and oxygen atoms in total. The van der Waals surface area contributed by atoms with E-state index in [0.717, 1.165) is 11.1 Å². The van der Waals surface area contributed by atoms with E-state index in [1.807, 2.05) is 66.9 Å². The Morgan fingerprint density at radius 3 is 2.22 bits per heavy atom. The quantitative estimate of drug-likeness (QED) is 0.758. The van der Waals surface area contributed by atoms with Crippen LogP contribution in [-0.4, -0.2) is 45.6 Å². The van der Waals surface area contributed by atoms with Gasteiger partial charge in [0.1, 0.15) is 5.56 Å². The van der Waals surface area contributed by atoms with Crippen molar-refractivity contribution in [3.05, 3.63) is 76.6 Å². The highest BCUT2D eigenvalue weighted by Crippen LogP contribution is 2.33. The molecule has 1 aromatic heterocycles. The normalized spacial score (nSPS) is 14.0. The number of hydrogen-bond donors (Lipinski definition) is 1. The highest BCUT2D eigenvalue weighted by Gasteiger charge is 2.34. The molecular formula is C21H19N3O2S. The maximum atomic E-state index is 13.2. The van der Waals surface area contributed by atoms with Gasteiger partial charge in [-0.05, 0) is 11.8 Å². The number of rotatable bonds is 4. The molecule has 6 heteroatoms. The van der Waals surface area contributed by atoms with Crippen molar-refractivity contribution in [2.75, 3.05) is 19.3 Å². The lowest BCUT2D eigenvalue weighted by Crippen LogP contribution is -2.53. The van der Waals surface area contributed by atoms with Crippen molar-refractivity contribution in [1.82, 2.24) is 15.1 Å². The predicted octanol–water partition coefficient (Wildman–Crippen LogP) is 3.29. The average molecular weight is 377 g/mol. The van der Waals surface area contributed by atoms with Crippen LogP contribution in [0, 0.1) is 0 Å². The van der Waals surface area contributed by atoms with Crippen molar-refractivity contribution in [3.8, 4) is 22.4 Å². The molecule has 1 aliphatic heterocycles. The summed E-state index contributed by atoms with van der Waals surface area (Å²) >= 11 is 1.74. The molecule has 0 unspecified atom stereocenters. The molecule has 0 spiro atoms. The van der Waals surface area contributed by atoms with E-state index in [2.05, 4.69) is 10.2 Å². The molecule has 3 aromatic rings. The maximum Gasteiger partial charge on any atom is 0.277 e. The first-order valence-corrected chi connectivity index (χ1v) is 10.0. The zero-order chi connectivity index (χ0) is 18.8. The summed E-state index contributed by atoms with van der Waals surface area (Å²) in [4.78, 5) is 27.5. The van der Waals surface area contributed by atoms with E-state index >= 15 is 0 Å². The van der Waals surface area contributed by atoms with E-state index in [9.17, 15) is 9.59 Å². The van der Waals surface area contributed by atoms with Crippen molar-refractivity contribution in [2.45, 2.75) is 5.25 Å². The van der Waals surface area contributed by atoms with Gasteiger partial charge < -0.3 is 4.90 Å². The van der Waals surface area contributed by atoms with E-state index in [1.165, 1.54) is 0 Å². The van der Waals surface area contributed by atoms with Crippen LogP contribution in [0.5, 0.6) is 0 Å². The van der Waals surface area contributed by atoms with Crippen LogP contribution in [0.1, 0.15) is 10.4 Å². The van der Waals surface area contributed by atoms with Gasteiger partial charge in [-0.2, -0.15) is 16.9 Å². The Morgan fingerprint density at radius 2 is 1.63 bits per heavy atom. The number of nitrogens with one attached hydrogen (secondary N) is 1. The molecule has 2 aromatic carbocycles. The summed E-state index contributed by atoms with van der Waals surface area (Å²) < 4.78 is 0. The highest BCUT2D eigenvalue weighted by molar-refractivity contribution is 7.99. The molecule has 0 radical (unpaired) electrons. The number of aromatic amines is 1. The molecule has 2 heterocycles. The molecule has 136 valence electrons. The van der Waals surface area contributed by atoms with Crippen molar-refractivity contribution in [3.63, 3.8) is 0 Å². The first kappa shape index (κ1) is 17.5. The summed E-state index contributed by atoms with van der Waals surface area (Å²) in [5.74, 6) is -0.236. The fourth-order valence-electron chi connectivity index (χ4n) is 3.26.